The van der Waals surface area contributed by atoms with Crippen molar-refractivity contribution in [3.05, 3.63) is 29.8 Å². The van der Waals surface area contributed by atoms with E-state index in [9.17, 15) is 9.59 Å². The molecule has 0 saturated carbocycles. The summed E-state index contributed by atoms with van der Waals surface area (Å²) in [5.41, 5.74) is 1.35. The van der Waals surface area contributed by atoms with E-state index in [1.165, 1.54) is 5.56 Å². The van der Waals surface area contributed by atoms with Crippen molar-refractivity contribution in [2.24, 2.45) is 5.41 Å². The Hall–Kier alpha value is -2.61. The van der Waals surface area contributed by atoms with E-state index < -0.39 is 0 Å². The van der Waals surface area contributed by atoms with Gasteiger partial charge >= 0.3 is 0 Å². The summed E-state index contributed by atoms with van der Waals surface area (Å²) in [6, 6.07) is 8.82. The van der Waals surface area contributed by atoms with Crippen LogP contribution in [0.15, 0.2) is 24.3 Å². The minimum atomic E-state index is -0.250. The smallest absolute Gasteiger partial charge is 0.290 e. The first-order chi connectivity index (χ1) is 14.4. The third-order valence-corrected chi connectivity index (χ3v) is 6.46. The van der Waals surface area contributed by atoms with E-state index in [0.29, 0.717) is 25.6 Å². The number of rotatable bonds is 4. The highest BCUT2D eigenvalue weighted by molar-refractivity contribution is 5.78. The third kappa shape index (κ3) is 4.92. The maximum Gasteiger partial charge on any atom is 0.290 e. The van der Waals surface area contributed by atoms with Gasteiger partial charge in [-0.15, -0.1) is 0 Å². The number of likely N-dealkylation sites (N-methyl/N-ethyl adjacent to an activating group) is 1. The van der Waals surface area contributed by atoms with Crippen LogP contribution in [0.3, 0.4) is 0 Å². The van der Waals surface area contributed by atoms with Crippen LogP contribution in [0, 0.1) is 5.41 Å². The van der Waals surface area contributed by atoms with Gasteiger partial charge in [0.1, 0.15) is 5.75 Å². The molecule has 1 aromatic carbocycles. The van der Waals surface area contributed by atoms with Crippen LogP contribution in [-0.4, -0.2) is 78.6 Å². The molecule has 2 fully saturated rings. The van der Waals surface area contributed by atoms with Gasteiger partial charge in [-0.1, -0.05) is 18.2 Å². The molecule has 0 radical (unpaired) electrons. The molecule has 2 atom stereocenters. The number of ether oxygens (including phenoxy) is 1. The van der Waals surface area contributed by atoms with Crippen LogP contribution in [0.25, 0.3) is 0 Å². The average molecular weight is 418 g/mol. The van der Waals surface area contributed by atoms with Crippen molar-refractivity contribution in [2.75, 3.05) is 33.3 Å². The fourth-order valence-corrected chi connectivity index (χ4v) is 4.79. The summed E-state index contributed by atoms with van der Waals surface area (Å²) < 4.78 is 5.94. The van der Waals surface area contributed by atoms with Gasteiger partial charge in [-0.05, 0) is 37.9 Å². The molecule has 30 heavy (non-hydrogen) atoms. The highest BCUT2D eigenvalue weighted by atomic mass is 16.5. The second kappa shape index (κ2) is 9.47. The lowest BCUT2D eigenvalue weighted by atomic mass is 9.73. The van der Waals surface area contributed by atoms with E-state index in [4.69, 9.17) is 14.6 Å². The number of carbonyl (C=O) groups is 3. The predicted molar refractivity (Wildman–Crippen MR) is 111 cm³/mol. The Labute approximate surface area is 177 Å². The van der Waals surface area contributed by atoms with Crippen molar-refractivity contribution in [1.29, 1.82) is 0 Å². The van der Waals surface area contributed by atoms with Gasteiger partial charge in [0.25, 0.3) is 6.47 Å². The molecule has 0 unspecified atom stereocenters. The van der Waals surface area contributed by atoms with Crippen molar-refractivity contribution >= 4 is 18.3 Å². The molecular formula is C22H31N3O5. The Bertz CT molecular complexity index is 778. The van der Waals surface area contributed by atoms with Crippen LogP contribution < -0.4 is 10.1 Å². The maximum atomic E-state index is 12.8. The zero-order valence-corrected chi connectivity index (χ0v) is 17.7. The average Bonchev–Trinajstić information content (AvgIpc) is 3.04. The lowest BCUT2D eigenvalue weighted by Gasteiger charge is -2.52. The first-order valence-electron chi connectivity index (χ1n) is 10.4. The van der Waals surface area contributed by atoms with Crippen molar-refractivity contribution in [2.45, 2.75) is 44.7 Å². The standard InChI is InChI=1S/C21H29N3O3.CH2O2/c1-15(25)22-11-18-8-7-17(23(18)2)9-20(26)24-12-21(13-24)10-16-5-3-4-6-19(16)27-14-21;2-1-3/h3-6,17-18H,7-14H2,1-2H3,(H,22,25);1H,(H,2,3)/t17-,18+;/m0./s1. The molecule has 3 aliphatic heterocycles. The highest BCUT2D eigenvalue weighted by Crippen LogP contribution is 2.41. The summed E-state index contributed by atoms with van der Waals surface area (Å²) in [6.07, 6.45) is 3.61. The number of nitrogens with one attached hydrogen (secondary N) is 1. The summed E-state index contributed by atoms with van der Waals surface area (Å²) in [5, 5.41) is 9.78. The fourth-order valence-electron chi connectivity index (χ4n) is 4.79. The summed E-state index contributed by atoms with van der Waals surface area (Å²) >= 11 is 0. The largest absolute Gasteiger partial charge is 0.493 e. The first-order valence-corrected chi connectivity index (χ1v) is 10.4. The number of nitrogens with zero attached hydrogens (tertiary/aromatic N) is 2. The molecule has 2 saturated heterocycles. The van der Waals surface area contributed by atoms with E-state index in [1.54, 1.807) is 6.92 Å². The van der Waals surface area contributed by atoms with Gasteiger partial charge in [0.2, 0.25) is 11.8 Å². The van der Waals surface area contributed by atoms with E-state index in [-0.39, 0.29) is 29.7 Å². The number of benzene rings is 1. The second-order valence-electron chi connectivity index (χ2n) is 8.62. The fraction of sp³-hybridized carbons (Fsp3) is 0.591. The normalized spacial score (nSPS) is 24.0. The Morgan fingerprint density at radius 1 is 1.27 bits per heavy atom. The van der Waals surface area contributed by atoms with Crippen molar-refractivity contribution in [3.63, 3.8) is 0 Å². The number of hydrogen-bond donors (Lipinski definition) is 2. The molecule has 3 heterocycles. The second-order valence-corrected chi connectivity index (χ2v) is 8.62. The monoisotopic (exact) mass is 417 g/mol. The molecule has 4 rings (SSSR count). The zero-order chi connectivity index (χ0) is 21.7. The molecule has 0 aliphatic carbocycles. The molecule has 8 nitrogen and oxygen atoms in total. The topological polar surface area (TPSA) is 99.2 Å². The lowest BCUT2D eigenvalue weighted by Crippen LogP contribution is -2.63. The molecule has 0 bridgehead atoms. The summed E-state index contributed by atoms with van der Waals surface area (Å²) in [7, 11) is 2.07. The highest BCUT2D eigenvalue weighted by Gasteiger charge is 2.48. The van der Waals surface area contributed by atoms with Gasteiger partial charge in [-0.2, -0.15) is 0 Å². The summed E-state index contributed by atoms with van der Waals surface area (Å²) in [5.74, 6) is 1.24. The molecule has 1 aromatic rings. The number of fused-ring (bicyclic) bond motifs is 1. The van der Waals surface area contributed by atoms with Crippen LogP contribution in [0.5, 0.6) is 5.75 Å². The minimum Gasteiger partial charge on any atom is -0.493 e. The third-order valence-electron chi connectivity index (χ3n) is 6.46. The van der Waals surface area contributed by atoms with E-state index in [2.05, 4.69) is 29.4 Å². The van der Waals surface area contributed by atoms with Gasteiger partial charge in [0, 0.05) is 50.5 Å². The Morgan fingerprint density at radius 3 is 2.63 bits per heavy atom. The number of para-hydroxylation sites is 1. The maximum absolute atomic E-state index is 12.8. The Kier molecular flexibility index (Phi) is 6.97. The summed E-state index contributed by atoms with van der Waals surface area (Å²) in [4.78, 5) is 36.5. The van der Waals surface area contributed by atoms with Crippen LogP contribution in [0.2, 0.25) is 0 Å². The van der Waals surface area contributed by atoms with E-state index >= 15 is 0 Å². The number of carbonyl (C=O) groups excluding carboxylic acids is 2. The molecule has 2 N–H and O–H groups in total. The van der Waals surface area contributed by atoms with Crippen LogP contribution >= 0.6 is 0 Å². The lowest BCUT2D eigenvalue weighted by molar-refractivity contribution is -0.147. The van der Waals surface area contributed by atoms with Crippen molar-refractivity contribution in [3.8, 4) is 5.75 Å². The van der Waals surface area contributed by atoms with Crippen LogP contribution in [0.4, 0.5) is 0 Å². The number of carboxylic acid groups (broad SMARTS) is 1. The number of likely N-dealkylation sites (tertiary alicyclic amines) is 2. The zero-order valence-electron chi connectivity index (χ0n) is 17.7. The number of hydrogen-bond acceptors (Lipinski definition) is 5. The van der Waals surface area contributed by atoms with E-state index in [0.717, 1.165) is 38.1 Å². The first kappa shape index (κ1) is 22.1. The summed E-state index contributed by atoms with van der Waals surface area (Å²) in [6.45, 7) is 4.26. The molecule has 0 aromatic heterocycles. The molecule has 2 amide bonds. The molecule has 3 aliphatic rings. The van der Waals surface area contributed by atoms with Gasteiger partial charge in [0.15, 0.2) is 0 Å². The van der Waals surface area contributed by atoms with Crippen LogP contribution in [-0.2, 0) is 20.8 Å². The van der Waals surface area contributed by atoms with Crippen molar-refractivity contribution < 1.29 is 24.2 Å². The Morgan fingerprint density at radius 2 is 1.93 bits per heavy atom. The molecule has 164 valence electrons. The van der Waals surface area contributed by atoms with Gasteiger partial charge in [0.05, 0.1) is 6.61 Å². The molecular weight excluding hydrogens is 386 g/mol. The quantitative estimate of drug-likeness (QED) is 0.713. The van der Waals surface area contributed by atoms with Crippen molar-refractivity contribution in [1.82, 2.24) is 15.1 Å². The van der Waals surface area contributed by atoms with Gasteiger partial charge in [-0.25, -0.2) is 0 Å². The minimum absolute atomic E-state index is 0.00470. The SMILES string of the molecule is CC(=O)NC[C@H]1CC[C@@H](CC(=O)N2CC3(COc4ccccc4C3)C2)N1C.O=CO. The molecule has 8 heteroatoms. The molecule has 1 spiro atoms. The predicted octanol–water partition coefficient (Wildman–Crippen LogP) is 1.14. The van der Waals surface area contributed by atoms with E-state index in [1.807, 2.05) is 17.0 Å². The Balaban J connectivity index is 0.000000806. The number of amides is 2. The van der Waals surface area contributed by atoms with Crippen LogP contribution in [0.1, 0.15) is 31.7 Å². The van der Waals surface area contributed by atoms with Gasteiger partial charge < -0.3 is 20.1 Å². The van der Waals surface area contributed by atoms with Gasteiger partial charge in [-0.3, -0.25) is 19.3 Å².